The molecule has 0 radical (unpaired) electrons. The Bertz CT molecular complexity index is 1350. The molecule has 0 saturated heterocycles. The van der Waals surface area contributed by atoms with Gasteiger partial charge in [-0.1, -0.05) is 17.7 Å². The first kappa shape index (κ1) is 30.0. The molecular weight excluding hydrogens is 548 g/mol. The number of aromatic nitrogens is 2. The van der Waals surface area contributed by atoms with Gasteiger partial charge < -0.3 is 20.5 Å². The highest BCUT2D eigenvalue weighted by Crippen LogP contribution is 2.31. The maximum atomic E-state index is 13.6. The Labute approximate surface area is 244 Å². The summed E-state index contributed by atoms with van der Waals surface area (Å²) in [6.45, 7) is 8.11. The molecule has 4 rings (SSSR count). The first-order valence-corrected chi connectivity index (χ1v) is 14.8. The highest BCUT2D eigenvalue weighted by Gasteiger charge is 2.26. The van der Waals surface area contributed by atoms with Crippen molar-refractivity contribution in [2.45, 2.75) is 71.4 Å². The molecule has 0 spiro atoms. The molecule has 2 heterocycles. The summed E-state index contributed by atoms with van der Waals surface area (Å²) in [6, 6.07) is 7.88. The third-order valence-electron chi connectivity index (χ3n) is 6.95. The number of thiophene rings is 1. The lowest BCUT2D eigenvalue weighted by Gasteiger charge is -2.19. The standard InChI is InChI=1S/C30H37ClN4O4S/c1-18-21(12-22-13-23(31)7-6-20(22)9-10-33-29(38)39-30(2,3)4)14-26(40-18)27(37)25-15-32-17-34-28(25)35-24-8-5-19(11-24)16-36/h6-7,13-15,17,19,24,36H,5,8-12,16H2,1-4H3,(H,33,38)(H,32,34,35). The number of nitrogens with one attached hydrogen (secondary N) is 2. The third kappa shape index (κ3) is 8.02. The fourth-order valence-corrected chi connectivity index (χ4v) is 6.13. The maximum Gasteiger partial charge on any atom is 0.407 e. The molecule has 1 aliphatic rings. The van der Waals surface area contributed by atoms with Crippen molar-refractivity contribution in [2.24, 2.45) is 5.92 Å². The smallest absolute Gasteiger partial charge is 0.407 e. The number of amides is 1. The van der Waals surface area contributed by atoms with Crippen LogP contribution in [-0.2, 0) is 17.6 Å². The number of hydrogen-bond donors (Lipinski definition) is 3. The number of alkyl carbamates (subject to hydrolysis) is 1. The molecule has 1 aliphatic carbocycles. The number of nitrogens with zero attached hydrogens (tertiary/aromatic N) is 2. The SMILES string of the molecule is Cc1sc(C(=O)c2cncnc2NC2CCC(CO)C2)cc1Cc1cc(Cl)ccc1CCNC(=O)OC(C)(C)C. The third-order valence-corrected chi connectivity index (χ3v) is 8.28. The summed E-state index contributed by atoms with van der Waals surface area (Å²) >= 11 is 7.80. The van der Waals surface area contributed by atoms with Crippen LogP contribution in [0, 0.1) is 12.8 Å². The molecule has 1 saturated carbocycles. The zero-order valence-corrected chi connectivity index (χ0v) is 25.0. The number of carbonyl (C=O) groups is 2. The molecule has 0 bridgehead atoms. The van der Waals surface area contributed by atoms with Gasteiger partial charge in [0, 0.05) is 35.3 Å². The number of anilines is 1. The van der Waals surface area contributed by atoms with Crippen molar-refractivity contribution in [2.75, 3.05) is 18.5 Å². The fraction of sp³-hybridized carbons (Fsp3) is 0.467. The van der Waals surface area contributed by atoms with E-state index in [0.717, 1.165) is 40.8 Å². The summed E-state index contributed by atoms with van der Waals surface area (Å²) in [4.78, 5) is 35.8. The van der Waals surface area contributed by atoms with E-state index in [9.17, 15) is 14.7 Å². The summed E-state index contributed by atoms with van der Waals surface area (Å²) in [5.74, 6) is 0.698. The molecule has 10 heteroatoms. The number of carbonyl (C=O) groups excluding carboxylic acids is 2. The normalized spacial score (nSPS) is 17.1. The van der Waals surface area contributed by atoms with E-state index >= 15 is 0 Å². The van der Waals surface area contributed by atoms with Crippen LogP contribution in [0.5, 0.6) is 0 Å². The molecule has 8 nitrogen and oxygen atoms in total. The van der Waals surface area contributed by atoms with E-state index in [1.165, 1.54) is 17.7 Å². The molecule has 40 heavy (non-hydrogen) atoms. The number of hydrogen-bond acceptors (Lipinski definition) is 8. The number of rotatable bonds is 10. The van der Waals surface area contributed by atoms with Crippen LogP contribution in [0.3, 0.4) is 0 Å². The number of benzene rings is 1. The topological polar surface area (TPSA) is 113 Å². The quantitative estimate of drug-likeness (QED) is 0.252. The Morgan fingerprint density at radius 2 is 1.98 bits per heavy atom. The van der Waals surface area contributed by atoms with Gasteiger partial charge in [0.15, 0.2) is 0 Å². The molecule has 0 aliphatic heterocycles. The Morgan fingerprint density at radius 3 is 2.70 bits per heavy atom. The Hall–Kier alpha value is -3.01. The number of aryl methyl sites for hydroxylation is 1. The van der Waals surface area contributed by atoms with E-state index in [-0.39, 0.29) is 24.3 Å². The lowest BCUT2D eigenvalue weighted by atomic mass is 9.97. The number of aliphatic hydroxyl groups excluding tert-OH is 1. The van der Waals surface area contributed by atoms with Crippen LogP contribution < -0.4 is 10.6 Å². The molecule has 3 N–H and O–H groups in total. The summed E-state index contributed by atoms with van der Waals surface area (Å²) in [5.41, 5.74) is 3.05. The highest BCUT2D eigenvalue weighted by molar-refractivity contribution is 7.14. The molecule has 2 aromatic heterocycles. The van der Waals surface area contributed by atoms with E-state index in [1.54, 1.807) is 6.20 Å². The minimum absolute atomic E-state index is 0.118. The van der Waals surface area contributed by atoms with Crippen LogP contribution in [-0.4, -0.2) is 51.7 Å². The first-order valence-electron chi connectivity index (χ1n) is 13.6. The first-order chi connectivity index (χ1) is 19.0. The molecule has 1 fully saturated rings. The summed E-state index contributed by atoms with van der Waals surface area (Å²) in [6.07, 6.45) is 6.54. The molecular formula is C30H37ClN4O4S. The van der Waals surface area contributed by atoms with Gasteiger partial charge in [0.1, 0.15) is 17.7 Å². The van der Waals surface area contributed by atoms with Crippen LogP contribution in [0.25, 0.3) is 0 Å². The molecule has 1 aromatic carbocycles. The largest absolute Gasteiger partial charge is 0.444 e. The zero-order valence-electron chi connectivity index (χ0n) is 23.4. The van der Waals surface area contributed by atoms with Crippen molar-refractivity contribution in [3.8, 4) is 0 Å². The van der Waals surface area contributed by atoms with Crippen molar-refractivity contribution < 1.29 is 19.4 Å². The van der Waals surface area contributed by atoms with Crippen LogP contribution in [0.4, 0.5) is 10.6 Å². The van der Waals surface area contributed by atoms with E-state index in [2.05, 4.69) is 20.6 Å². The number of aliphatic hydroxyl groups is 1. The van der Waals surface area contributed by atoms with Gasteiger partial charge in [0.05, 0.1) is 10.4 Å². The van der Waals surface area contributed by atoms with Crippen molar-refractivity contribution in [3.05, 3.63) is 73.8 Å². The van der Waals surface area contributed by atoms with Gasteiger partial charge in [-0.15, -0.1) is 11.3 Å². The van der Waals surface area contributed by atoms with E-state index in [1.807, 2.05) is 52.0 Å². The second-order valence-corrected chi connectivity index (χ2v) is 13.0. The maximum absolute atomic E-state index is 13.6. The van der Waals surface area contributed by atoms with Gasteiger partial charge in [0.25, 0.3) is 0 Å². The van der Waals surface area contributed by atoms with Crippen molar-refractivity contribution in [1.82, 2.24) is 15.3 Å². The van der Waals surface area contributed by atoms with Crippen molar-refractivity contribution >= 4 is 40.6 Å². The minimum Gasteiger partial charge on any atom is -0.444 e. The van der Waals surface area contributed by atoms with Crippen molar-refractivity contribution in [1.29, 1.82) is 0 Å². The monoisotopic (exact) mass is 584 g/mol. The fourth-order valence-electron chi connectivity index (χ4n) is 4.94. The average Bonchev–Trinajstić information content (AvgIpc) is 3.50. The van der Waals surface area contributed by atoms with Gasteiger partial charge in [0.2, 0.25) is 5.78 Å². The molecule has 2 unspecified atom stereocenters. The zero-order chi connectivity index (χ0) is 28.9. The molecule has 1 amide bonds. The van der Waals surface area contributed by atoms with Gasteiger partial charge in [-0.3, -0.25) is 4.79 Å². The summed E-state index contributed by atoms with van der Waals surface area (Å²) in [5, 5.41) is 16.3. The average molecular weight is 585 g/mol. The number of halogens is 1. The van der Waals surface area contributed by atoms with Gasteiger partial charge in [-0.2, -0.15) is 0 Å². The van der Waals surface area contributed by atoms with E-state index in [0.29, 0.717) is 40.7 Å². The second kappa shape index (κ2) is 13.1. The number of ketones is 1. The lowest BCUT2D eigenvalue weighted by Crippen LogP contribution is -2.33. The summed E-state index contributed by atoms with van der Waals surface area (Å²) < 4.78 is 5.33. The van der Waals surface area contributed by atoms with E-state index in [4.69, 9.17) is 16.3 Å². The predicted octanol–water partition coefficient (Wildman–Crippen LogP) is 5.96. The van der Waals surface area contributed by atoms with Crippen molar-refractivity contribution in [3.63, 3.8) is 0 Å². The van der Waals surface area contributed by atoms with Crippen LogP contribution in [0.2, 0.25) is 5.02 Å². The van der Waals surface area contributed by atoms with Gasteiger partial charge in [-0.05, 0) is 101 Å². The lowest BCUT2D eigenvalue weighted by molar-refractivity contribution is 0.0528. The molecule has 214 valence electrons. The van der Waals surface area contributed by atoms with Crippen LogP contribution in [0.1, 0.15) is 76.8 Å². The van der Waals surface area contributed by atoms with Gasteiger partial charge in [-0.25, -0.2) is 14.8 Å². The number of ether oxygens (including phenoxy) is 1. The van der Waals surface area contributed by atoms with E-state index < -0.39 is 11.7 Å². The van der Waals surface area contributed by atoms with Crippen LogP contribution in [0.15, 0.2) is 36.8 Å². The Morgan fingerprint density at radius 1 is 1.18 bits per heavy atom. The molecule has 3 aromatic rings. The summed E-state index contributed by atoms with van der Waals surface area (Å²) in [7, 11) is 0. The Balaban J connectivity index is 1.47. The molecule has 2 atom stereocenters. The van der Waals surface area contributed by atoms with Crippen LogP contribution >= 0.6 is 22.9 Å². The minimum atomic E-state index is -0.552. The second-order valence-electron chi connectivity index (χ2n) is 11.3. The highest BCUT2D eigenvalue weighted by atomic mass is 35.5. The Kier molecular flexibility index (Phi) is 9.81. The van der Waals surface area contributed by atoms with Gasteiger partial charge >= 0.3 is 6.09 Å². The predicted molar refractivity (Wildman–Crippen MR) is 159 cm³/mol.